The molecule has 0 radical (unpaired) electrons. The van der Waals surface area contributed by atoms with Gasteiger partial charge < -0.3 is 19.9 Å². The number of nitrogens with one attached hydrogen (secondary N) is 2. The van der Waals surface area contributed by atoms with E-state index in [0.717, 1.165) is 0 Å². The van der Waals surface area contributed by atoms with Gasteiger partial charge in [-0.3, -0.25) is 9.59 Å². The van der Waals surface area contributed by atoms with Crippen molar-refractivity contribution in [1.82, 2.24) is 10.6 Å². The lowest BCUT2D eigenvalue weighted by Gasteiger charge is -2.28. The molecule has 6 nitrogen and oxygen atoms in total. The monoisotopic (exact) mass is 310 g/mol. The molecule has 0 aromatic carbocycles. The van der Waals surface area contributed by atoms with Gasteiger partial charge in [0.1, 0.15) is 6.10 Å². The lowest BCUT2D eigenvalue weighted by atomic mass is 9.87. The molecule has 19 heavy (non-hydrogen) atoms. The average molecular weight is 310 g/mol. The molecule has 0 saturated carbocycles. The molecule has 0 aromatic rings. The van der Waals surface area contributed by atoms with Gasteiger partial charge in [0.25, 0.3) is 0 Å². The summed E-state index contributed by atoms with van der Waals surface area (Å²) in [5.41, 5.74) is -0.750. The van der Waals surface area contributed by atoms with Crippen LogP contribution in [-0.2, 0) is 13.8 Å². The third kappa shape index (κ3) is 7.66. The van der Waals surface area contributed by atoms with Crippen molar-refractivity contribution in [2.45, 2.75) is 26.4 Å². The SMILES string of the molecule is CC(C)(COS)C(O)C(=O)NCCC(=O)NCCS. The fourth-order valence-electron chi connectivity index (χ4n) is 1.28. The number of aliphatic hydroxyl groups is 1. The quantitative estimate of drug-likeness (QED) is 0.301. The van der Waals surface area contributed by atoms with Gasteiger partial charge in [-0.2, -0.15) is 12.6 Å². The maximum atomic E-state index is 11.7. The summed E-state index contributed by atoms with van der Waals surface area (Å²) in [6.07, 6.45) is -1.06. The van der Waals surface area contributed by atoms with Crippen LogP contribution in [0.3, 0.4) is 0 Å². The number of carbonyl (C=O) groups excluding carboxylic acids is 2. The van der Waals surface area contributed by atoms with E-state index in [0.29, 0.717) is 12.3 Å². The number of rotatable bonds is 9. The minimum Gasteiger partial charge on any atom is -0.383 e. The zero-order chi connectivity index (χ0) is 14.9. The molecule has 1 unspecified atom stereocenters. The summed E-state index contributed by atoms with van der Waals surface area (Å²) in [6.45, 7) is 4.17. The lowest BCUT2D eigenvalue weighted by Crippen LogP contribution is -2.46. The van der Waals surface area contributed by atoms with Gasteiger partial charge in [-0.05, 0) is 12.9 Å². The topological polar surface area (TPSA) is 87.7 Å². The molecule has 0 spiro atoms. The molecule has 112 valence electrons. The van der Waals surface area contributed by atoms with Crippen molar-refractivity contribution in [3.63, 3.8) is 0 Å². The van der Waals surface area contributed by atoms with Gasteiger partial charge in [0.05, 0.1) is 6.61 Å². The zero-order valence-electron chi connectivity index (χ0n) is 11.2. The summed E-state index contributed by atoms with van der Waals surface area (Å²) in [4.78, 5) is 22.9. The average Bonchev–Trinajstić information content (AvgIpc) is 2.35. The van der Waals surface area contributed by atoms with E-state index in [1.54, 1.807) is 13.8 Å². The third-order valence-electron chi connectivity index (χ3n) is 2.51. The molecule has 3 N–H and O–H groups in total. The minimum absolute atomic E-state index is 0.132. The summed E-state index contributed by atoms with van der Waals surface area (Å²) >= 11 is 7.57. The standard InChI is InChI=1S/C11H22N2O4S2/c1-11(2,7-17-19)9(15)10(16)13-4-3-8(14)12-5-6-18/h9,15,18-19H,3-7H2,1-2H3,(H,12,14)(H,13,16). The number of aliphatic hydroxyl groups excluding tert-OH is 1. The predicted octanol–water partition coefficient (Wildman–Crippen LogP) is -0.213. The number of amides is 2. The first kappa shape index (κ1) is 18.6. The van der Waals surface area contributed by atoms with Crippen LogP contribution in [0.25, 0.3) is 0 Å². The largest absolute Gasteiger partial charge is 0.383 e. The van der Waals surface area contributed by atoms with E-state index < -0.39 is 17.4 Å². The van der Waals surface area contributed by atoms with Gasteiger partial charge in [-0.25, -0.2) is 0 Å². The second kappa shape index (κ2) is 9.46. The molecular formula is C11H22N2O4S2. The first-order chi connectivity index (χ1) is 8.85. The normalized spacial score (nSPS) is 12.9. The molecule has 0 heterocycles. The summed E-state index contributed by atoms with van der Waals surface area (Å²) in [5.74, 6) is -0.131. The molecule has 0 bridgehead atoms. The number of hydrogen-bond acceptors (Lipinski definition) is 6. The smallest absolute Gasteiger partial charge is 0.249 e. The molecule has 8 heteroatoms. The highest BCUT2D eigenvalue weighted by molar-refractivity contribution is 7.80. The predicted molar refractivity (Wildman–Crippen MR) is 79.2 cm³/mol. The highest BCUT2D eigenvalue weighted by atomic mass is 32.1. The molecule has 0 saturated heterocycles. The summed E-state index contributed by atoms with van der Waals surface area (Å²) < 4.78 is 4.65. The summed E-state index contributed by atoms with van der Waals surface area (Å²) in [5, 5.41) is 15.0. The second-order valence-electron chi connectivity index (χ2n) is 4.78. The highest BCUT2D eigenvalue weighted by Crippen LogP contribution is 2.21. The van der Waals surface area contributed by atoms with Crippen LogP contribution >= 0.6 is 25.5 Å². The Bertz CT molecular complexity index is 300. The second-order valence-corrected chi connectivity index (χ2v) is 5.48. The van der Waals surface area contributed by atoms with Crippen LogP contribution in [-0.4, -0.2) is 48.5 Å². The Morgan fingerprint density at radius 1 is 1.32 bits per heavy atom. The van der Waals surface area contributed by atoms with Crippen molar-refractivity contribution in [1.29, 1.82) is 0 Å². The lowest BCUT2D eigenvalue weighted by molar-refractivity contribution is -0.136. The van der Waals surface area contributed by atoms with E-state index in [9.17, 15) is 14.7 Å². The fourth-order valence-corrected chi connectivity index (χ4v) is 1.72. The molecule has 1 atom stereocenters. The first-order valence-electron chi connectivity index (χ1n) is 5.95. The molecule has 2 amide bonds. The summed E-state index contributed by atoms with van der Waals surface area (Å²) in [6, 6.07) is 0. The first-order valence-corrected chi connectivity index (χ1v) is 6.94. The van der Waals surface area contributed by atoms with Gasteiger partial charge in [0.2, 0.25) is 11.8 Å². The van der Waals surface area contributed by atoms with Crippen molar-refractivity contribution in [2.24, 2.45) is 5.41 Å². The van der Waals surface area contributed by atoms with E-state index in [2.05, 4.69) is 40.4 Å². The van der Waals surface area contributed by atoms with E-state index in [4.69, 9.17) is 0 Å². The molecule has 0 fully saturated rings. The van der Waals surface area contributed by atoms with Crippen molar-refractivity contribution >= 4 is 37.4 Å². The highest BCUT2D eigenvalue weighted by Gasteiger charge is 2.33. The molecule has 0 aromatic heterocycles. The molecule has 0 rings (SSSR count). The van der Waals surface area contributed by atoms with E-state index in [1.807, 2.05) is 0 Å². The Morgan fingerprint density at radius 3 is 2.47 bits per heavy atom. The molecular weight excluding hydrogens is 288 g/mol. The van der Waals surface area contributed by atoms with Gasteiger partial charge in [0.15, 0.2) is 0 Å². The van der Waals surface area contributed by atoms with Crippen LogP contribution in [0, 0.1) is 5.41 Å². The van der Waals surface area contributed by atoms with Crippen molar-refractivity contribution < 1.29 is 18.9 Å². The van der Waals surface area contributed by atoms with Crippen LogP contribution in [0.1, 0.15) is 20.3 Å². The van der Waals surface area contributed by atoms with Gasteiger partial charge >= 0.3 is 0 Å². The van der Waals surface area contributed by atoms with Crippen LogP contribution < -0.4 is 10.6 Å². The maximum absolute atomic E-state index is 11.7. The van der Waals surface area contributed by atoms with Crippen molar-refractivity contribution in [2.75, 3.05) is 25.4 Å². The summed E-state index contributed by atoms with van der Waals surface area (Å²) in [7, 11) is 0. The molecule has 0 aliphatic rings. The number of carbonyl (C=O) groups is 2. The van der Waals surface area contributed by atoms with Crippen LogP contribution in [0.5, 0.6) is 0 Å². The van der Waals surface area contributed by atoms with Gasteiger partial charge in [0, 0.05) is 30.7 Å². The minimum atomic E-state index is -1.22. The Labute approximate surface area is 124 Å². The fraction of sp³-hybridized carbons (Fsp3) is 0.818. The van der Waals surface area contributed by atoms with Crippen LogP contribution in [0.4, 0.5) is 0 Å². The van der Waals surface area contributed by atoms with Crippen molar-refractivity contribution in [3.8, 4) is 0 Å². The Hall–Kier alpha value is -0.440. The molecule has 0 aliphatic carbocycles. The molecule has 0 aliphatic heterocycles. The number of thiol groups is 2. The van der Waals surface area contributed by atoms with Crippen LogP contribution in [0.15, 0.2) is 0 Å². The third-order valence-corrected chi connectivity index (χ3v) is 2.86. The van der Waals surface area contributed by atoms with E-state index >= 15 is 0 Å². The van der Waals surface area contributed by atoms with Crippen molar-refractivity contribution in [3.05, 3.63) is 0 Å². The van der Waals surface area contributed by atoms with Gasteiger partial charge in [-0.1, -0.05) is 13.8 Å². The number of hydrogen-bond donors (Lipinski definition) is 5. The van der Waals surface area contributed by atoms with Gasteiger partial charge in [-0.15, -0.1) is 0 Å². The Kier molecular flexibility index (Phi) is 9.24. The van der Waals surface area contributed by atoms with Crippen LogP contribution in [0.2, 0.25) is 0 Å². The van der Waals surface area contributed by atoms with E-state index in [-0.39, 0.29) is 25.5 Å². The zero-order valence-corrected chi connectivity index (χ0v) is 13.0. The maximum Gasteiger partial charge on any atom is 0.249 e. The van der Waals surface area contributed by atoms with E-state index in [1.165, 1.54) is 0 Å². The Morgan fingerprint density at radius 2 is 1.95 bits per heavy atom. The Balaban J connectivity index is 4.01.